The van der Waals surface area contributed by atoms with E-state index in [9.17, 15) is 10.1 Å². The van der Waals surface area contributed by atoms with Gasteiger partial charge in [-0.25, -0.2) is 4.98 Å². The van der Waals surface area contributed by atoms with Crippen LogP contribution in [0.15, 0.2) is 18.3 Å². The average Bonchev–Trinajstić information content (AvgIpc) is 2.39. The molecular weight excluding hydrogens is 218 g/mol. The fourth-order valence-corrected chi connectivity index (χ4v) is 2.44. The van der Waals surface area contributed by atoms with Crippen molar-refractivity contribution in [1.29, 1.82) is 0 Å². The summed E-state index contributed by atoms with van der Waals surface area (Å²) in [6, 6.07) is 3.51. The predicted molar refractivity (Wildman–Crippen MR) is 66.2 cm³/mol. The van der Waals surface area contributed by atoms with Crippen molar-refractivity contribution in [3.05, 3.63) is 28.4 Å². The molecule has 0 spiro atoms. The van der Waals surface area contributed by atoms with E-state index in [4.69, 9.17) is 0 Å². The van der Waals surface area contributed by atoms with Crippen LogP contribution in [0.25, 0.3) is 0 Å². The first-order chi connectivity index (χ1) is 8.20. The minimum absolute atomic E-state index is 0.0978. The van der Waals surface area contributed by atoms with E-state index in [1.807, 2.05) is 11.9 Å². The maximum atomic E-state index is 10.9. The van der Waals surface area contributed by atoms with Crippen LogP contribution in [0.2, 0.25) is 0 Å². The summed E-state index contributed by atoms with van der Waals surface area (Å²) in [5.41, 5.74) is 0.0978. The van der Waals surface area contributed by atoms with Crippen molar-refractivity contribution in [3.63, 3.8) is 0 Å². The largest absolute Gasteiger partial charge is 0.351 e. The third-order valence-electron chi connectivity index (χ3n) is 3.42. The lowest BCUT2D eigenvalue weighted by atomic mass is 9.94. The molecule has 5 nitrogen and oxygen atoms in total. The Kier molecular flexibility index (Phi) is 3.56. The van der Waals surface area contributed by atoms with Crippen LogP contribution >= 0.6 is 0 Å². The SMILES string of the molecule is CN(c1ncccc1[N+](=O)[O-])C1CCCCC1. The predicted octanol–water partition coefficient (Wildman–Crippen LogP) is 2.76. The molecule has 1 fully saturated rings. The van der Waals surface area contributed by atoms with Gasteiger partial charge in [0.2, 0.25) is 5.82 Å². The van der Waals surface area contributed by atoms with Crippen LogP contribution in [0.5, 0.6) is 0 Å². The number of aromatic nitrogens is 1. The Balaban J connectivity index is 2.23. The smallest absolute Gasteiger partial charge is 0.311 e. The van der Waals surface area contributed by atoms with E-state index in [2.05, 4.69) is 4.98 Å². The van der Waals surface area contributed by atoms with E-state index in [0.29, 0.717) is 11.9 Å². The van der Waals surface area contributed by atoms with Crippen LogP contribution in [0.3, 0.4) is 0 Å². The lowest BCUT2D eigenvalue weighted by Gasteiger charge is -2.31. The second-order valence-corrected chi connectivity index (χ2v) is 4.51. The van der Waals surface area contributed by atoms with Gasteiger partial charge in [-0.05, 0) is 18.9 Å². The molecule has 0 atom stereocenters. The maximum absolute atomic E-state index is 10.9. The summed E-state index contributed by atoms with van der Waals surface area (Å²) in [5.74, 6) is 0.490. The zero-order chi connectivity index (χ0) is 12.3. The van der Waals surface area contributed by atoms with Gasteiger partial charge in [0.05, 0.1) is 4.92 Å². The second-order valence-electron chi connectivity index (χ2n) is 4.51. The van der Waals surface area contributed by atoms with Crippen molar-refractivity contribution in [2.24, 2.45) is 0 Å². The summed E-state index contributed by atoms with van der Waals surface area (Å²) in [6.07, 6.45) is 7.50. The number of pyridine rings is 1. The summed E-state index contributed by atoms with van der Waals surface area (Å²) < 4.78 is 0. The highest BCUT2D eigenvalue weighted by Gasteiger charge is 2.24. The molecule has 1 saturated carbocycles. The van der Waals surface area contributed by atoms with Gasteiger partial charge in [-0.15, -0.1) is 0 Å². The van der Waals surface area contributed by atoms with Crippen molar-refractivity contribution in [2.75, 3.05) is 11.9 Å². The average molecular weight is 235 g/mol. The molecule has 17 heavy (non-hydrogen) atoms. The van der Waals surface area contributed by atoms with Gasteiger partial charge in [0.25, 0.3) is 0 Å². The third kappa shape index (κ3) is 2.54. The molecule has 5 heteroatoms. The summed E-state index contributed by atoms with van der Waals surface area (Å²) >= 11 is 0. The normalized spacial score (nSPS) is 16.8. The molecule has 0 aromatic carbocycles. The molecular formula is C12H17N3O2. The number of hydrogen-bond acceptors (Lipinski definition) is 4. The highest BCUT2D eigenvalue weighted by Crippen LogP contribution is 2.30. The van der Waals surface area contributed by atoms with E-state index >= 15 is 0 Å². The van der Waals surface area contributed by atoms with Gasteiger partial charge in [-0.2, -0.15) is 0 Å². The van der Waals surface area contributed by atoms with E-state index in [1.165, 1.54) is 25.3 Å². The topological polar surface area (TPSA) is 59.3 Å². The molecule has 1 aliphatic rings. The zero-order valence-electron chi connectivity index (χ0n) is 10.0. The van der Waals surface area contributed by atoms with Crippen LogP contribution in [-0.2, 0) is 0 Å². The number of nitro groups is 1. The highest BCUT2D eigenvalue weighted by atomic mass is 16.6. The van der Waals surface area contributed by atoms with Gasteiger partial charge in [-0.1, -0.05) is 19.3 Å². The van der Waals surface area contributed by atoms with Crippen molar-refractivity contribution < 1.29 is 4.92 Å². The zero-order valence-corrected chi connectivity index (χ0v) is 10.0. The first-order valence-electron chi connectivity index (χ1n) is 6.02. The molecule has 0 unspecified atom stereocenters. The van der Waals surface area contributed by atoms with Crippen molar-refractivity contribution in [2.45, 2.75) is 38.1 Å². The summed E-state index contributed by atoms with van der Waals surface area (Å²) in [5, 5.41) is 10.9. The Morgan fingerprint density at radius 3 is 2.76 bits per heavy atom. The van der Waals surface area contributed by atoms with Crippen LogP contribution in [-0.4, -0.2) is 23.0 Å². The molecule has 0 aliphatic heterocycles. The molecule has 0 N–H and O–H groups in total. The van der Waals surface area contributed by atoms with Gasteiger partial charge in [0, 0.05) is 25.4 Å². The van der Waals surface area contributed by atoms with Crippen molar-refractivity contribution in [1.82, 2.24) is 4.98 Å². The first-order valence-corrected chi connectivity index (χ1v) is 6.02. The Morgan fingerprint density at radius 1 is 1.41 bits per heavy atom. The first kappa shape index (κ1) is 11.8. The quantitative estimate of drug-likeness (QED) is 0.597. The molecule has 1 heterocycles. The Bertz CT molecular complexity index is 402. The van der Waals surface area contributed by atoms with Gasteiger partial charge in [0.15, 0.2) is 0 Å². The molecule has 1 aromatic rings. The van der Waals surface area contributed by atoms with Crippen LogP contribution in [0.1, 0.15) is 32.1 Å². The molecule has 0 bridgehead atoms. The summed E-state index contributed by atoms with van der Waals surface area (Å²) in [4.78, 5) is 16.7. The summed E-state index contributed by atoms with van der Waals surface area (Å²) in [6.45, 7) is 0. The minimum Gasteiger partial charge on any atom is -0.351 e. The van der Waals surface area contributed by atoms with Crippen molar-refractivity contribution >= 4 is 11.5 Å². The molecule has 92 valence electrons. The Hall–Kier alpha value is -1.65. The lowest BCUT2D eigenvalue weighted by Crippen LogP contribution is -2.34. The van der Waals surface area contributed by atoms with E-state index in [-0.39, 0.29) is 10.6 Å². The Morgan fingerprint density at radius 2 is 2.12 bits per heavy atom. The fraction of sp³-hybridized carbons (Fsp3) is 0.583. The molecule has 0 amide bonds. The van der Waals surface area contributed by atoms with E-state index < -0.39 is 0 Å². The molecule has 0 radical (unpaired) electrons. The van der Waals surface area contributed by atoms with E-state index in [0.717, 1.165) is 12.8 Å². The maximum Gasteiger partial charge on any atom is 0.311 e. The van der Waals surface area contributed by atoms with Crippen molar-refractivity contribution in [3.8, 4) is 0 Å². The van der Waals surface area contributed by atoms with Crippen LogP contribution < -0.4 is 4.90 Å². The highest BCUT2D eigenvalue weighted by molar-refractivity contribution is 5.57. The van der Waals surface area contributed by atoms with E-state index in [1.54, 1.807) is 12.3 Å². The third-order valence-corrected chi connectivity index (χ3v) is 3.42. The number of hydrogen-bond donors (Lipinski definition) is 0. The molecule has 1 aromatic heterocycles. The van der Waals surface area contributed by atoms with Gasteiger partial charge in [0.1, 0.15) is 0 Å². The van der Waals surface area contributed by atoms with Gasteiger partial charge >= 0.3 is 5.69 Å². The molecule has 2 rings (SSSR count). The number of anilines is 1. The summed E-state index contributed by atoms with van der Waals surface area (Å²) in [7, 11) is 1.91. The van der Waals surface area contributed by atoms with Crippen LogP contribution in [0.4, 0.5) is 11.5 Å². The monoisotopic (exact) mass is 235 g/mol. The molecule has 1 aliphatic carbocycles. The standard InChI is InChI=1S/C12H17N3O2/c1-14(10-6-3-2-4-7-10)12-11(15(16)17)8-5-9-13-12/h5,8-10H,2-4,6-7H2,1H3. The Labute approximate surface area is 101 Å². The number of nitrogens with zero attached hydrogens (tertiary/aromatic N) is 3. The lowest BCUT2D eigenvalue weighted by molar-refractivity contribution is -0.384. The van der Waals surface area contributed by atoms with Gasteiger partial charge < -0.3 is 4.90 Å². The number of rotatable bonds is 3. The fourth-order valence-electron chi connectivity index (χ4n) is 2.44. The molecule has 0 saturated heterocycles. The van der Waals surface area contributed by atoms with Crippen LogP contribution in [0, 0.1) is 10.1 Å². The minimum atomic E-state index is -0.359. The second kappa shape index (κ2) is 5.12. The van der Waals surface area contributed by atoms with Gasteiger partial charge in [-0.3, -0.25) is 10.1 Å².